The van der Waals surface area contributed by atoms with Gasteiger partial charge in [0.25, 0.3) is 5.91 Å². The Hall–Kier alpha value is -3.02. The van der Waals surface area contributed by atoms with Crippen LogP contribution in [0.1, 0.15) is 71.7 Å². The van der Waals surface area contributed by atoms with Crippen LogP contribution in [-0.2, 0) is 27.2 Å². The lowest BCUT2D eigenvalue weighted by atomic mass is 9.89. The fourth-order valence-electron chi connectivity index (χ4n) is 3.87. The average Bonchev–Trinajstić information content (AvgIpc) is 3.60. The number of carbonyl (C=O) groups excluding carboxylic acids is 3. The zero-order valence-electron chi connectivity index (χ0n) is 17.4. The Morgan fingerprint density at radius 2 is 1.68 bits per heavy atom. The van der Waals surface area contributed by atoms with Gasteiger partial charge in [0.2, 0.25) is 6.10 Å². The Balaban J connectivity index is 1.37. The number of amides is 1. The fourth-order valence-corrected chi connectivity index (χ4v) is 3.87. The van der Waals surface area contributed by atoms with Crippen molar-refractivity contribution in [3.63, 3.8) is 0 Å². The van der Waals surface area contributed by atoms with Crippen LogP contribution in [-0.4, -0.2) is 23.7 Å². The molecule has 0 radical (unpaired) electrons. The number of rotatable bonds is 8. The number of fused-ring (bicyclic) bond motifs is 1. The summed E-state index contributed by atoms with van der Waals surface area (Å²) in [6.45, 7) is 0. The molecule has 0 bridgehead atoms. The summed E-state index contributed by atoms with van der Waals surface area (Å²) in [6.07, 6.45) is 4.85. The summed E-state index contributed by atoms with van der Waals surface area (Å²) in [5, 5.41) is 2.82. The molecule has 1 fully saturated rings. The molecule has 4 rings (SSSR count). The van der Waals surface area contributed by atoms with Crippen LogP contribution in [0.2, 0.25) is 0 Å². The zero-order chi connectivity index (χ0) is 21.8. The standard InChI is InChI=1S/C25H26FNO4/c26-20-9-7-17(8-10-20)24(25(30)27-21-11-12-21)31-23(29)14-13-22(28)19-6-5-16-3-1-2-4-18(16)15-19/h5-10,15,21,24H,1-4,11-14H2,(H,27,30)/t24-/m1/s1. The molecular weight excluding hydrogens is 397 g/mol. The summed E-state index contributed by atoms with van der Waals surface area (Å²) in [5.41, 5.74) is 3.52. The van der Waals surface area contributed by atoms with Gasteiger partial charge in [0.15, 0.2) is 5.78 Å². The molecule has 0 heterocycles. The lowest BCUT2D eigenvalue weighted by Gasteiger charge is -2.18. The molecular formula is C25H26FNO4. The highest BCUT2D eigenvalue weighted by Gasteiger charge is 2.31. The van der Waals surface area contributed by atoms with Crippen molar-refractivity contribution in [2.24, 2.45) is 0 Å². The van der Waals surface area contributed by atoms with E-state index in [0.717, 1.165) is 32.1 Å². The van der Waals surface area contributed by atoms with Crippen LogP contribution in [0.15, 0.2) is 42.5 Å². The van der Waals surface area contributed by atoms with Gasteiger partial charge in [-0.3, -0.25) is 14.4 Å². The Morgan fingerprint density at radius 1 is 0.968 bits per heavy atom. The molecule has 0 aliphatic heterocycles. The first-order valence-corrected chi connectivity index (χ1v) is 10.9. The molecule has 2 aliphatic rings. The first-order valence-electron chi connectivity index (χ1n) is 10.9. The van der Waals surface area contributed by atoms with Crippen molar-refractivity contribution in [3.8, 4) is 0 Å². The predicted octanol–water partition coefficient (Wildman–Crippen LogP) is 4.23. The summed E-state index contributed by atoms with van der Waals surface area (Å²) >= 11 is 0. The number of halogens is 1. The van der Waals surface area contributed by atoms with Crippen LogP contribution in [0, 0.1) is 5.82 Å². The predicted molar refractivity (Wildman–Crippen MR) is 113 cm³/mol. The molecule has 0 aromatic heterocycles. The number of hydrogen-bond donors (Lipinski definition) is 1. The lowest BCUT2D eigenvalue weighted by Crippen LogP contribution is -2.33. The number of hydrogen-bond acceptors (Lipinski definition) is 4. The minimum Gasteiger partial charge on any atom is -0.447 e. The van der Waals surface area contributed by atoms with Crippen LogP contribution in [0.3, 0.4) is 0 Å². The molecule has 1 saturated carbocycles. The SMILES string of the molecule is O=C(CCC(=O)c1ccc2c(c1)CCCC2)O[C@@H](C(=O)NC1CC1)c1ccc(F)cc1. The highest BCUT2D eigenvalue weighted by Crippen LogP contribution is 2.25. The zero-order valence-corrected chi connectivity index (χ0v) is 17.4. The van der Waals surface area contributed by atoms with Gasteiger partial charge in [-0.25, -0.2) is 4.39 Å². The molecule has 1 amide bonds. The molecule has 6 heteroatoms. The van der Waals surface area contributed by atoms with E-state index in [1.807, 2.05) is 18.2 Å². The normalized spacial score (nSPS) is 16.2. The third-order valence-electron chi connectivity index (χ3n) is 5.81. The summed E-state index contributed by atoms with van der Waals surface area (Å²) in [5.74, 6) is -1.62. The van der Waals surface area contributed by atoms with Gasteiger partial charge in [0, 0.05) is 23.6 Å². The number of carbonyl (C=O) groups is 3. The number of Topliss-reactive ketones (excluding diaryl/α,β-unsaturated/α-hetero) is 1. The Bertz CT molecular complexity index is 982. The van der Waals surface area contributed by atoms with E-state index in [0.29, 0.717) is 11.1 Å². The van der Waals surface area contributed by atoms with Gasteiger partial charge < -0.3 is 10.1 Å². The third-order valence-corrected chi connectivity index (χ3v) is 5.81. The molecule has 0 spiro atoms. The third kappa shape index (κ3) is 5.57. The van der Waals surface area contributed by atoms with E-state index in [4.69, 9.17) is 4.74 Å². The molecule has 2 aromatic rings. The van der Waals surface area contributed by atoms with E-state index < -0.39 is 23.8 Å². The minimum atomic E-state index is -1.16. The van der Waals surface area contributed by atoms with E-state index in [9.17, 15) is 18.8 Å². The van der Waals surface area contributed by atoms with E-state index in [-0.39, 0.29) is 24.7 Å². The van der Waals surface area contributed by atoms with Crippen LogP contribution in [0.4, 0.5) is 4.39 Å². The molecule has 31 heavy (non-hydrogen) atoms. The summed E-state index contributed by atoms with van der Waals surface area (Å²) < 4.78 is 18.7. The van der Waals surface area contributed by atoms with Crippen molar-refractivity contribution >= 4 is 17.7 Å². The molecule has 0 unspecified atom stereocenters. The summed E-state index contributed by atoms with van der Waals surface area (Å²) in [4.78, 5) is 37.6. The largest absolute Gasteiger partial charge is 0.447 e. The highest BCUT2D eigenvalue weighted by molar-refractivity contribution is 5.98. The van der Waals surface area contributed by atoms with Gasteiger partial charge in [-0.05, 0) is 67.9 Å². The van der Waals surface area contributed by atoms with Crippen molar-refractivity contribution in [2.45, 2.75) is 63.5 Å². The monoisotopic (exact) mass is 423 g/mol. The number of ketones is 1. The van der Waals surface area contributed by atoms with Gasteiger partial charge in [-0.1, -0.05) is 24.3 Å². The topological polar surface area (TPSA) is 72.5 Å². The number of aryl methyl sites for hydroxylation is 2. The Morgan fingerprint density at radius 3 is 2.39 bits per heavy atom. The van der Waals surface area contributed by atoms with Crippen molar-refractivity contribution in [3.05, 3.63) is 70.5 Å². The minimum absolute atomic E-state index is 0.0119. The van der Waals surface area contributed by atoms with Crippen LogP contribution in [0.5, 0.6) is 0 Å². The number of benzene rings is 2. The summed E-state index contributed by atoms with van der Waals surface area (Å²) in [6, 6.07) is 11.2. The molecule has 1 atom stereocenters. The fraction of sp³-hybridized carbons (Fsp3) is 0.400. The van der Waals surface area contributed by atoms with E-state index in [2.05, 4.69) is 5.32 Å². The van der Waals surface area contributed by atoms with Crippen LogP contribution >= 0.6 is 0 Å². The van der Waals surface area contributed by atoms with Crippen LogP contribution in [0.25, 0.3) is 0 Å². The van der Waals surface area contributed by atoms with E-state index in [1.54, 1.807) is 0 Å². The van der Waals surface area contributed by atoms with Gasteiger partial charge in [0.1, 0.15) is 5.82 Å². The Kier molecular flexibility index (Phi) is 6.44. The highest BCUT2D eigenvalue weighted by atomic mass is 19.1. The van der Waals surface area contributed by atoms with Gasteiger partial charge in [0.05, 0.1) is 6.42 Å². The smallest absolute Gasteiger partial charge is 0.307 e. The van der Waals surface area contributed by atoms with Gasteiger partial charge >= 0.3 is 5.97 Å². The average molecular weight is 423 g/mol. The Labute approximate surface area is 181 Å². The van der Waals surface area contributed by atoms with Crippen molar-refractivity contribution < 1.29 is 23.5 Å². The van der Waals surface area contributed by atoms with Gasteiger partial charge in [-0.15, -0.1) is 0 Å². The maximum absolute atomic E-state index is 13.3. The number of nitrogens with one attached hydrogen (secondary N) is 1. The molecule has 2 aromatic carbocycles. The maximum Gasteiger partial charge on any atom is 0.307 e. The van der Waals surface area contributed by atoms with E-state index >= 15 is 0 Å². The second-order valence-electron chi connectivity index (χ2n) is 8.32. The molecule has 162 valence electrons. The van der Waals surface area contributed by atoms with Crippen LogP contribution < -0.4 is 5.32 Å². The number of ether oxygens (including phenoxy) is 1. The lowest BCUT2D eigenvalue weighted by molar-refractivity contribution is -0.156. The maximum atomic E-state index is 13.3. The van der Waals surface area contributed by atoms with Crippen molar-refractivity contribution in [2.75, 3.05) is 0 Å². The number of esters is 1. The molecule has 1 N–H and O–H groups in total. The van der Waals surface area contributed by atoms with Crippen molar-refractivity contribution in [1.82, 2.24) is 5.32 Å². The first-order chi connectivity index (χ1) is 15.0. The second kappa shape index (κ2) is 9.41. The molecule has 2 aliphatic carbocycles. The summed E-state index contributed by atoms with van der Waals surface area (Å²) in [7, 11) is 0. The van der Waals surface area contributed by atoms with Gasteiger partial charge in [-0.2, -0.15) is 0 Å². The van der Waals surface area contributed by atoms with E-state index in [1.165, 1.54) is 41.8 Å². The van der Waals surface area contributed by atoms with Crippen molar-refractivity contribution in [1.29, 1.82) is 0 Å². The molecule has 0 saturated heterocycles. The first kappa shape index (κ1) is 21.2. The quantitative estimate of drug-likeness (QED) is 0.509. The molecule has 5 nitrogen and oxygen atoms in total. The second-order valence-corrected chi connectivity index (χ2v) is 8.32.